The van der Waals surface area contributed by atoms with Crippen LogP contribution in [0.5, 0.6) is 0 Å². The number of nitrogens with zero attached hydrogens (tertiary/aromatic N) is 2. The lowest BCUT2D eigenvalue weighted by Crippen LogP contribution is -2.55. The van der Waals surface area contributed by atoms with Crippen LogP contribution in [0.4, 0.5) is 0 Å². The van der Waals surface area contributed by atoms with E-state index in [2.05, 4.69) is 18.7 Å². The zero-order chi connectivity index (χ0) is 18.1. The summed E-state index contributed by atoms with van der Waals surface area (Å²) in [5, 5.41) is -0.427. The lowest BCUT2D eigenvalue weighted by molar-refractivity contribution is 0.163. The second-order valence-corrected chi connectivity index (χ2v) is 12.4. The second kappa shape index (κ2) is 7.60. The van der Waals surface area contributed by atoms with Gasteiger partial charge in [0, 0.05) is 32.2 Å². The summed E-state index contributed by atoms with van der Waals surface area (Å²) in [5.74, 6) is 0.863. The molecule has 0 aliphatic carbocycles. The average Bonchev–Trinajstić information content (AvgIpc) is 2.64. The van der Waals surface area contributed by atoms with Gasteiger partial charge in [-0.25, -0.2) is 21.1 Å². The molecule has 0 aromatic heterocycles. The van der Waals surface area contributed by atoms with Gasteiger partial charge in [-0.3, -0.25) is 4.90 Å². The fraction of sp³-hybridized carbons (Fsp3) is 1.00. The maximum atomic E-state index is 12.5. The maximum Gasteiger partial charge on any atom is 0.214 e. The lowest BCUT2D eigenvalue weighted by atomic mass is 10.0. The van der Waals surface area contributed by atoms with Crippen molar-refractivity contribution in [3.05, 3.63) is 0 Å². The van der Waals surface area contributed by atoms with Crippen molar-refractivity contribution >= 4 is 19.9 Å². The van der Waals surface area contributed by atoms with Gasteiger partial charge in [0.1, 0.15) is 0 Å². The summed E-state index contributed by atoms with van der Waals surface area (Å²) in [6.45, 7) is 10.2. The van der Waals surface area contributed by atoms with Gasteiger partial charge in [-0.05, 0) is 24.7 Å². The summed E-state index contributed by atoms with van der Waals surface area (Å²) >= 11 is 0. The Labute approximate surface area is 147 Å². The molecule has 2 aliphatic heterocycles. The molecule has 2 rings (SSSR count). The zero-order valence-corrected chi connectivity index (χ0v) is 16.9. The van der Waals surface area contributed by atoms with E-state index in [9.17, 15) is 16.8 Å². The minimum Gasteiger partial charge on any atom is -0.298 e. The van der Waals surface area contributed by atoms with Crippen LogP contribution >= 0.6 is 0 Å². The van der Waals surface area contributed by atoms with E-state index >= 15 is 0 Å². The minimum atomic E-state index is -3.31. The minimum absolute atomic E-state index is 0.0506. The van der Waals surface area contributed by atoms with Crippen LogP contribution in [0.2, 0.25) is 0 Å². The first-order valence-corrected chi connectivity index (χ1v) is 12.3. The first-order valence-electron chi connectivity index (χ1n) is 8.96. The number of rotatable bonds is 5. The molecule has 0 radical (unpaired) electrons. The molecule has 0 aromatic carbocycles. The Morgan fingerprint density at radius 3 is 2.21 bits per heavy atom. The highest BCUT2D eigenvalue weighted by Crippen LogP contribution is 2.29. The van der Waals surface area contributed by atoms with Crippen molar-refractivity contribution in [2.24, 2.45) is 11.8 Å². The largest absolute Gasteiger partial charge is 0.298 e. The van der Waals surface area contributed by atoms with E-state index in [1.54, 1.807) is 0 Å². The number of hydrogen-bond donors (Lipinski definition) is 0. The van der Waals surface area contributed by atoms with Gasteiger partial charge in [0.2, 0.25) is 10.0 Å². The highest BCUT2D eigenvalue weighted by atomic mass is 32.2. The first-order chi connectivity index (χ1) is 11.0. The van der Waals surface area contributed by atoms with Crippen LogP contribution in [-0.2, 0) is 19.9 Å². The van der Waals surface area contributed by atoms with Crippen LogP contribution < -0.4 is 0 Å². The number of sulfone groups is 1. The van der Waals surface area contributed by atoms with Crippen LogP contribution in [0.3, 0.4) is 0 Å². The van der Waals surface area contributed by atoms with E-state index in [-0.39, 0.29) is 23.5 Å². The standard InChI is InChI=1S/C16H32N2O4S2/c1-13(2)11-17-9-10-23(19,20)16-6-8-18(7-5-15(16)17)24(21,22)12-14(3)4/h13-16H,5-12H2,1-4H3/t15-,16+/m0/s1. The van der Waals surface area contributed by atoms with E-state index < -0.39 is 25.1 Å². The third-order valence-corrected chi connectivity index (χ3v) is 9.36. The summed E-state index contributed by atoms with van der Waals surface area (Å²) in [6, 6.07) is -0.0506. The maximum absolute atomic E-state index is 12.5. The summed E-state index contributed by atoms with van der Waals surface area (Å²) < 4.78 is 51.7. The van der Waals surface area contributed by atoms with Crippen molar-refractivity contribution in [2.45, 2.75) is 51.8 Å². The monoisotopic (exact) mass is 380 g/mol. The molecular weight excluding hydrogens is 348 g/mol. The molecule has 2 aliphatic rings. The van der Waals surface area contributed by atoms with Crippen LogP contribution in [0, 0.1) is 11.8 Å². The van der Waals surface area contributed by atoms with E-state index in [1.807, 2.05) is 13.8 Å². The molecule has 0 bridgehead atoms. The van der Waals surface area contributed by atoms with Gasteiger partial charge >= 0.3 is 0 Å². The quantitative estimate of drug-likeness (QED) is 0.716. The molecular formula is C16H32N2O4S2. The molecule has 2 fully saturated rings. The highest BCUT2D eigenvalue weighted by molar-refractivity contribution is 7.92. The van der Waals surface area contributed by atoms with Crippen molar-refractivity contribution < 1.29 is 16.8 Å². The van der Waals surface area contributed by atoms with Gasteiger partial charge in [0.25, 0.3) is 0 Å². The summed E-state index contributed by atoms with van der Waals surface area (Å²) in [6.07, 6.45) is 1.02. The summed E-state index contributed by atoms with van der Waals surface area (Å²) in [4.78, 5) is 2.27. The van der Waals surface area contributed by atoms with E-state index in [0.29, 0.717) is 38.4 Å². The van der Waals surface area contributed by atoms with Crippen molar-refractivity contribution in [1.29, 1.82) is 0 Å². The molecule has 0 aromatic rings. The molecule has 0 unspecified atom stereocenters. The molecule has 2 atom stereocenters. The zero-order valence-electron chi connectivity index (χ0n) is 15.3. The molecule has 2 heterocycles. The van der Waals surface area contributed by atoms with Crippen LogP contribution in [-0.4, -0.2) is 75.0 Å². The Balaban J connectivity index is 2.20. The Kier molecular flexibility index (Phi) is 6.37. The van der Waals surface area contributed by atoms with Gasteiger partial charge in [-0.1, -0.05) is 27.7 Å². The van der Waals surface area contributed by atoms with Gasteiger partial charge in [0.05, 0.1) is 16.8 Å². The Hall–Kier alpha value is -0.180. The number of fused-ring (bicyclic) bond motifs is 1. The SMILES string of the molecule is CC(C)CN1CCS(=O)(=O)[C@@H]2CCN(S(=O)(=O)CC(C)C)CC[C@@H]21. The second-order valence-electron chi connectivity index (χ2n) is 8.01. The van der Waals surface area contributed by atoms with E-state index in [4.69, 9.17) is 0 Å². The van der Waals surface area contributed by atoms with Crippen LogP contribution in [0.25, 0.3) is 0 Å². The van der Waals surface area contributed by atoms with Gasteiger partial charge in [-0.2, -0.15) is 0 Å². The molecule has 2 saturated heterocycles. The van der Waals surface area contributed by atoms with Crippen molar-refractivity contribution in [1.82, 2.24) is 9.21 Å². The van der Waals surface area contributed by atoms with Gasteiger partial charge in [0.15, 0.2) is 9.84 Å². The molecule has 0 amide bonds. The van der Waals surface area contributed by atoms with Crippen molar-refractivity contribution in [2.75, 3.05) is 37.7 Å². The molecule has 0 N–H and O–H groups in total. The smallest absolute Gasteiger partial charge is 0.214 e. The molecule has 0 spiro atoms. The third kappa shape index (κ3) is 4.71. The van der Waals surface area contributed by atoms with Crippen LogP contribution in [0.15, 0.2) is 0 Å². The fourth-order valence-corrected chi connectivity index (χ4v) is 7.80. The first kappa shape index (κ1) is 20.1. The van der Waals surface area contributed by atoms with Gasteiger partial charge < -0.3 is 0 Å². The molecule has 8 heteroatoms. The third-order valence-electron chi connectivity index (χ3n) is 4.90. The Morgan fingerprint density at radius 2 is 1.62 bits per heavy atom. The Bertz CT molecular complexity index is 628. The van der Waals surface area contributed by atoms with Crippen molar-refractivity contribution in [3.63, 3.8) is 0 Å². The predicted octanol–water partition coefficient (Wildman–Crippen LogP) is 1.19. The summed E-state index contributed by atoms with van der Waals surface area (Å²) in [7, 11) is -6.44. The Morgan fingerprint density at radius 1 is 1.00 bits per heavy atom. The predicted molar refractivity (Wildman–Crippen MR) is 97.2 cm³/mol. The van der Waals surface area contributed by atoms with E-state index in [1.165, 1.54) is 4.31 Å². The normalized spacial score (nSPS) is 29.6. The van der Waals surface area contributed by atoms with Crippen molar-refractivity contribution in [3.8, 4) is 0 Å². The molecule has 142 valence electrons. The molecule has 6 nitrogen and oxygen atoms in total. The fourth-order valence-electron chi connectivity index (χ4n) is 3.94. The topological polar surface area (TPSA) is 74.8 Å². The number of hydrogen-bond acceptors (Lipinski definition) is 5. The lowest BCUT2D eigenvalue weighted by Gasteiger charge is -2.40. The molecule has 0 saturated carbocycles. The van der Waals surface area contributed by atoms with E-state index in [0.717, 1.165) is 6.54 Å². The summed E-state index contributed by atoms with van der Waals surface area (Å²) in [5.41, 5.74) is 0. The average molecular weight is 381 g/mol. The van der Waals surface area contributed by atoms with Gasteiger partial charge in [-0.15, -0.1) is 0 Å². The van der Waals surface area contributed by atoms with Crippen LogP contribution in [0.1, 0.15) is 40.5 Å². The number of sulfonamides is 1. The highest BCUT2D eigenvalue weighted by Gasteiger charge is 2.44. The molecule has 24 heavy (non-hydrogen) atoms.